The van der Waals surface area contributed by atoms with Crippen LogP contribution in [0.3, 0.4) is 0 Å². The Bertz CT molecular complexity index is 357. The summed E-state index contributed by atoms with van der Waals surface area (Å²) in [5.41, 5.74) is 0. The first-order chi connectivity index (χ1) is 7.67. The molecule has 0 spiro atoms. The average molecular weight is 225 g/mol. The maximum atomic E-state index is 12.9. The van der Waals surface area contributed by atoms with Crippen molar-refractivity contribution in [3.05, 3.63) is 24.1 Å². The number of hydrogen-bond acceptors (Lipinski definition) is 3. The standard InChI is InChI=1S/C11H16FN3O/c1-3-13-11(16)8-15(4-2)10-7-5-6-9(12)14-10/h5-7H,3-4,8H2,1-2H3,(H,13,16). The van der Waals surface area contributed by atoms with Crippen molar-refractivity contribution < 1.29 is 9.18 Å². The van der Waals surface area contributed by atoms with Crippen molar-refractivity contribution >= 4 is 11.7 Å². The molecule has 0 atom stereocenters. The van der Waals surface area contributed by atoms with Crippen molar-refractivity contribution in [2.24, 2.45) is 0 Å². The van der Waals surface area contributed by atoms with Crippen LogP contribution in [0.5, 0.6) is 0 Å². The Morgan fingerprint density at radius 3 is 2.81 bits per heavy atom. The molecule has 0 unspecified atom stereocenters. The van der Waals surface area contributed by atoms with Crippen molar-refractivity contribution in [2.75, 3.05) is 24.5 Å². The third-order valence-electron chi connectivity index (χ3n) is 2.11. The molecule has 0 bridgehead atoms. The van der Waals surface area contributed by atoms with E-state index in [0.717, 1.165) is 0 Å². The zero-order valence-corrected chi connectivity index (χ0v) is 9.53. The summed E-state index contributed by atoms with van der Waals surface area (Å²) in [6.07, 6.45) is 0. The molecule has 1 rings (SSSR count). The second kappa shape index (κ2) is 6.05. The van der Waals surface area contributed by atoms with Gasteiger partial charge in [0.2, 0.25) is 11.9 Å². The molecule has 0 saturated heterocycles. The monoisotopic (exact) mass is 225 g/mol. The summed E-state index contributed by atoms with van der Waals surface area (Å²) in [6, 6.07) is 4.55. The van der Waals surface area contributed by atoms with Crippen molar-refractivity contribution in [2.45, 2.75) is 13.8 Å². The number of nitrogens with one attached hydrogen (secondary N) is 1. The smallest absolute Gasteiger partial charge is 0.239 e. The molecule has 4 nitrogen and oxygen atoms in total. The van der Waals surface area contributed by atoms with E-state index in [1.165, 1.54) is 6.07 Å². The van der Waals surface area contributed by atoms with Crippen LogP contribution in [0.4, 0.5) is 10.2 Å². The van der Waals surface area contributed by atoms with Crippen LogP contribution in [0.15, 0.2) is 18.2 Å². The second-order valence-corrected chi connectivity index (χ2v) is 3.29. The highest BCUT2D eigenvalue weighted by Crippen LogP contribution is 2.09. The van der Waals surface area contributed by atoms with Gasteiger partial charge >= 0.3 is 0 Å². The Morgan fingerprint density at radius 1 is 1.50 bits per heavy atom. The van der Waals surface area contributed by atoms with E-state index in [9.17, 15) is 9.18 Å². The zero-order valence-electron chi connectivity index (χ0n) is 9.53. The normalized spacial score (nSPS) is 9.94. The Hall–Kier alpha value is -1.65. The van der Waals surface area contributed by atoms with Gasteiger partial charge in [0.15, 0.2) is 0 Å². The Morgan fingerprint density at radius 2 is 2.25 bits per heavy atom. The van der Waals surface area contributed by atoms with E-state index in [1.807, 2.05) is 13.8 Å². The summed E-state index contributed by atoms with van der Waals surface area (Å²) in [4.78, 5) is 16.8. The van der Waals surface area contributed by atoms with Crippen LogP contribution in [0.2, 0.25) is 0 Å². The molecule has 0 fully saturated rings. The number of likely N-dealkylation sites (N-methyl/N-ethyl adjacent to an activating group) is 2. The molecule has 0 aliphatic heterocycles. The molecule has 1 N–H and O–H groups in total. The van der Waals surface area contributed by atoms with E-state index in [1.54, 1.807) is 17.0 Å². The number of amides is 1. The Labute approximate surface area is 94.5 Å². The second-order valence-electron chi connectivity index (χ2n) is 3.29. The Kier molecular flexibility index (Phi) is 4.69. The van der Waals surface area contributed by atoms with Crippen LogP contribution in [-0.4, -0.2) is 30.5 Å². The molecule has 0 aliphatic carbocycles. The highest BCUT2D eigenvalue weighted by atomic mass is 19.1. The molecular weight excluding hydrogens is 209 g/mol. The van der Waals surface area contributed by atoms with Crippen LogP contribution < -0.4 is 10.2 Å². The van der Waals surface area contributed by atoms with E-state index >= 15 is 0 Å². The Balaban J connectivity index is 2.70. The van der Waals surface area contributed by atoms with Gasteiger partial charge in [-0.1, -0.05) is 6.07 Å². The molecule has 0 aliphatic rings. The third kappa shape index (κ3) is 3.49. The van der Waals surface area contributed by atoms with E-state index in [-0.39, 0.29) is 12.5 Å². The highest BCUT2D eigenvalue weighted by molar-refractivity contribution is 5.80. The van der Waals surface area contributed by atoms with Gasteiger partial charge in [0, 0.05) is 13.1 Å². The van der Waals surface area contributed by atoms with Gasteiger partial charge in [-0.05, 0) is 26.0 Å². The van der Waals surface area contributed by atoms with Crippen molar-refractivity contribution in [3.8, 4) is 0 Å². The first kappa shape index (κ1) is 12.4. The number of nitrogens with zero attached hydrogens (tertiary/aromatic N) is 2. The zero-order chi connectivity index (χ0) is 12.0. The lowest BCUT2D eigenvalue weighted by molar-refractivity contribution is -0.119. The summed E-state index contributed by atoms with van der Waals surface area (Å²) in [6.45, 7) is 5.14. The lowest BCUT2D eigenvalue weighted by Crippen LogP contribution is -2.37. The summed E-state index contributed by atoms with van der Waals surface area (Å²) in [5, 5.41) is 2.69. The van der Waals surface area contributed by atoms with E-state index < -0.39 is 5.95 Å². The topological polar surface area (TPSA) is 45.2 Å². The quantitative estimate of drug-likeness (QED) is 0.765. The minimum absolute atomic E-state index is 0.0876. The van der Waals surface area contributed by atoms with Gasteiger partial charge in [-0.15, -0.1) is 0 Å². The lowest BCUT2D eigenvalue weighted by Gasteiger charge is -2.20. The van der Waals surface area contributed by atoms with Gasteiger partial charge in [0.25, 0.3) is 0 Å². The SMILES string of the molecule is CCNC(=O)CN(CC)c1cccc(F)n1. The van der Waals surface area contributed by atoms with Gasteiger partial charge in [-0.25, -0.2) is 4.98 Å². The fourth-order valence-corrected chi connectivity index (χ4v) is 1.35. The van der Waals surface area contributed by atoms with Gasteiger partial charge in [-0.2, -0.15) is 4.39 Å². The van der Waals surface area contributed by atoms with Crippen molar-refractivity contribution in [3.63, 3.8) is 0 Å². The number of anilines is 1. The molecule has 0 radical (unpaired) electrons. The molecular formula is C11H16FN3O. The molecule has 88 valence electrons. The van der Waals surface area contributed by atoms with E-state index in [4.69, 9.17) is 0 Å². The predicted octanol–water partition coefficient (Wildman–Crippen LogP) is 1.18. The molecule has 0 saturated carbocycles. The highest BCUT2D eigenvalue weighted by Gasteiger charge is 2.10. The average Bonchev–Trinajstić information content (AvgIpc) is 2.26. The van der Waals surface area contributed by atoms with Gasteiger partial charge in [0.05, 0.1) is 6.54 Å². The maximum absolute atomic E-state index is 12.9. The van der Waals surface area contributed by atoms with E-state index in [0.29, 0.717) is 18.9 Å². The maximum Gasteiger partial charge on any atom is 0.239 e. The first-order valence-corrected chi connectivity index (χ1v) is 5.31. The fourth-order valence-electron chi connectivity index (χ4n) is 1.35. The number of carbonyl (C=O) groups is 1. The molecule has 0 aromatic carbocycles. The summed E-state index contributed by atoms with van der Waals surface area (Å²) < 4.78 is 12.9. The molecule has 16 heavy (non-hydrogen) atoms. The number of rotatable bonds is 5. The number of aromatic nitrogens is 1. The van der Waals surface area contributed by atoms with E-state index in [2.05, 4.69) is 10.3 Å². The fraction of sp³-hybridized carbons (Fsp3) is 0.455. The largest absolute Gasteiger partial charge is 0.355 e. The number of hydrogen-bond donors (Lipinski definition) is 1. The molecule has 1 aromatic heterocycles. The first-order valence-electron chi connectivity index (χ1n) is 5.31. The van der Waals surface area contributed by atoms with Crippen molar-refractivity contribution in [1.82, 2.24) is 10.3 Å². The summed E-state index contributed by atoms with van der Waals surface area (Å²) in [7, 11) is 0. The van der Waals surface area contributed by atoms with Gasteiger partial charge < -0.3 is 10.2 Å². The summed E-state index contributed by atoms with van der Waals surface area (Å²) >= 11 is 0. The number of pyridine rings is 1. The molecule has 1 aromatic rings. The van der Waals surface area contributed by atoms with Crippen LogP contribution in [0.25, 0.3) is 0 Å². The molecule has 1 amide bonds. The molecule has 5 heteroatoms. The summed E-state index contributed by atoms with van der Waals surface area (Å²) in [5.74, 6) is -0.143. The van der Waals surface area contributed by atoms with Crippen LogP contribution in [-0.2, 0) is 4.79 Å². The van der Waals surface area contributed by atoms with Crippen molar-refractivity contribution in [1.29, 1.82) is 0 Å². The lowest BCUT2D eigenvalue weighted by atomic mass is 10.4. The minimum atomic E-state index is -0.535. The van der Waals surface area contributed by atoms with Gasteiger partial charge in [-0.3, -0.25) is 4.79 Å². The van der Waals surface area contributed by atoms with Crippen LogP contribution in [0, 0.1) is 5.95 Å². The van der Waals surface area contributed by atoms with Crippen LogP contribution >= 0.6 is 0 Å². The minimum Gasteiger partial charge on any atom is -0.355 e. The number of halogens is 1. The number of carbonyl (C=O) groups excluding carboxylic acids is 1. The third-order valence-corrected chi connectivity index (χ3v) is 2.11. The van der Waals surface area contributed by atoms with Crippen LogP contribution in [0.1, 0.15) is 13.8 Å². The van der Waals surface area contributed by atoms with Gasteiger partial charge in [0.1, 0.15) is 5.82 Å². The molecule has 1 heterocycles. The predicted molar refractivity (Wildman–Crippen MR) is 60.8 cm³/mol.